The molecular weight excluding hydrogens is 160 g/mol. The summed E-state index contributed by atoms with van der Waals surface area (Å²) in [6.45, 7) is 6.24. The molecule has 0 atom stereocenters. The van der Waals surface area contributed by atoms with Gasteiger partial charge in [0.2, 0.25) is 0 Å². The third-order valence-corrected chi connectivity index (χ3v) is 1.99. The molecule has 0 spiro atoms. The Balaban J connectivity index is 2.25. The van der Waals surface area contributed by atoms with Crippen LogP contribution >= 0.6 is 0 Å². The third-order valence-electron chi connectivity index (χ3n) is 1.99. The summed E-state index contributed by atoms with van der Waals surface area (Å²) in [5, 5.41) is 3.36. The summed E-state index contributed by atoms with van der Waals surface area (Å²) in [5.41, 5.74) is 2.35. The molecule has 1 heterocycles. The van der Waals surface area contributed by atoms with Gasteiger partial charge >= 0.3 is 0 Å². The molecule has 0 saturated carbocycles. The van der Waals surface area contributed by atoms with Crippen LogP contribution in [0.4, 0.5) is 0 Å². The summed E-state index contributed by atoms with van der Waals surface area (Å²) >= 11 is 0. The zero-order chi connectivity index (χ0) is 9.52. The van der Waals surface area contributed by atoms with E-state index in [4.69, 9.17) is 0 Å². The quantitative estimate of drug-likeness (QED) is 0.700. The van der Waals surface area contributed by atoms with E-state index in [1.807, 2.05) is 6.20 Å². The molecule has 0 aliphatic rings. The number of nitrogens with one attached hydrogen (secondary N) is 1. The Labute approximate surface area is 80.4 Å². The van der Waals surface area contributed by atoms with Gasteiger partial charge in [-0.25, -0.2) is 0 Å². The highest BCUT2D eigenvalue weighted by atomic mass is 14.9. The maximum absolute atomic E-state index is 4.31. The highest BCUT2D eigenvalue weighted by molar-refractivity contribution is 5.11. The van der Waals surface area contributed by atoms with Crippen molar-refractivity contribution in [3.63, 3.8) is 0 Å². The Bertz CT molecular complexity index is 228. The van der Waals surface area contributed by atoms with Crippen LogP contribution in [0.1, 0.15) is 31.0 Å². The van der Waals surface area contributed by atoms with Crippen molar-refractivity contribution in [3.8, 4) is 0 Å². The van der Waals surface area contributed by atoms with Crippen LogP contribution in [0, 0.1) is 6.92 Å². The fourth-order valence-electron chi connectivity index (χ4n) is 1.12. The maximum atomic E-state index is 4.31. The average molecular weight is 178 g/mol. The minimum Gasteiger partial charge on any atom is -0.311 e. The molecule has 72 valence electrons. The van der Waals surface area contributed by atoms with Crippen LogP contribution in [-0.2, 0) is 6.54 Å². The van der Waals surface area contributed by atoms with Gasteiger partial charge in [-0.2, -0.15) is 0 Å². The Hall–Kier alpha value is -0.890. The molecule has 0 bridgehead atoms. The van der Waals surface area contributed by atoms with E-state index < -0.39 is 0 Å². The van der Waals surface area contributed by atoms with Crippen LogP contribution in [-0.4, -0.2) is 11.5 Å². The molecule has 1 rings (SSSR count). The van der Waals surface area contributed by atoms with Crippen LogP contribution < -0.4 is 5.32 Å². The Morgan fingerprint density at radius 1 is 1.38 bits per heavy atom. The molecule has 0 aliphatic heterocycles. The van der Waals surface area contributed by atoms with Gasteiger partial charge in [0.05, 0.1) is 5.69 Å². The number of nitrogens with zero attached hydrogens (tertiary/aromatic N) is 1. The molecule has 0 aliphatic carbocycles. The Morgan fingerprint density at radius 2 is 2.23 bits per heavy atom. The SMILES string of the molecule is CCCCNCc1ccc(C)cn1. The fraction of sp³-hybridized carbons (Fsp3) is 0.545. The van der Waals surface area contributed by atoms with Gasteiger partial charge in [0.1, 0.15) is 0 Å². The molecular formula is C11H18N2. The topological polar surface area (TPSA) is 24.9 Å². The first-order chi connectivity index (χ1) is 6.33. The van der Waals surface area contributed by atoms with Gasteiger partial charge in [0.15, 0.2) is 0 Å². The molecule has 1 N–H and O–H groups in total. The summed E-state index contributed by atoms with van der Waals surface area (Å²) < 4.78 is 0. The van der Waals surface area contributed by atoms with E-state index in [1.54, 1.807) is 0 Å². The van der Waals surface area contributed by atoms with Crippen LogP contribution in [0.3, 0.4) is 0 Å². The summed E-state index contributed by atoms with van der Waals surface area (Å²) in [7, 11) is 0. The smallest absolute Gasteiger partial charge is 0.0541 e. The first kappa shape index (κ1) is 10.2. The normalized spacial score (nSPS) is 10.3. The minimum atomic E-state index is 0.889. The van der Waals surface area contributed by atoms with Crippen molar-refractivity contribution >= 4 is 0 Å². The first-order valence-electron chi connectivity index (χ1n) is 4.95. The summed E-state index contributed by atoms with van der Waals surface area (Å²) in [6, 6.07) is 4.18. The second-order valence-electron chi connectivity index (χ2n) is 3.36. The lowest BCUT2D eigenvalue weighted by molar-refractivity contribution is 0.633. The van der Waals surface area contributed by atoms with Crippen LogP contribution in [0.25, 0.3) is 0 Å². The van der Waals surface area contributed by atoms with Crippen LogP contribution in [0.2, 0.25) is 0 Å². The number of aryl methyl sites for hydroxylation is 1. The predicted octanol–water partition coefficient (Wildman–Crippen LogP) is 2.28. The van der Waals surface area contributed by atoms with Crippen LogP contribution in [0.5, 0.6) is 0 Å². The zero-order valence-electron chi connectivity index (χ0n) is 8.51. The molecule has 2 nitrogen and oxygen atoms in total. The van der Waals surface area contributed by atoms with Crippen molar-refractivity contribution in [1.29, 1.82) is 0 Å². The average Bonchev–Trinajstić information content (AvgIpc) is 2.15. The highest BCUT2D eigenvalue weighted by Crippen LogP contribution is 1.97. The predicted molar refractivity (Wildman–Crippen MR) is 55.6 cm³/mol. The highest BCUT2D eigenvalue weighted by Gasteiger charge is 1.92. The molecule has 0 radical (unpaired) electrons. The van der Waals surface area contributed by atoms with Crippen molar-refractivity contribution in [2.45, 2.75) is 33.2 Å². The Kier molecular flexibility index (Phi) is 4.47. The van der Waals surface area contributed by atoms with Gasteiger partial charge in [-0.05, 0) is 31.5 Å². The standard InChI is InChI=1S/C11H18N2/c1-3-4-7-12-9-11-6-5-10(2)8-13-11/h5-6,8,12H,3-4,7,9H2,1-2H3. The van der Waals surface area contributed by atoms with Crippen molar-refractivity contribution in [2.75, 3.05) is 6.54 Å². The van der Waals surface area contributed by atoms with E-state index in [-0.39, 0.29) is 0 Å². The van der Waals surface area contributed by atoms with E-state index in [0.717, 1.165) is 18.8 Å². The zero-order valence-corrected chi connectivity index (χ0v) is 8.51. The van der Waals surface area contributed by atoms with E-state index in [2.05, 4.69) is 36.3 Å². The molecule has 0 saturated heterocycles. The lowest BCUT2D eigenvalue weighted by Gasteiger charge is -2.02. The van der Waals surface area contributed by atoms with E-state index in [0.29, 0.717) is 0 Å². The van der Waals surface area contributed by atoms with Crippen molar-refractivity contribution < 1.29 is 0 Å². The summed E-state index contributed by atoms with van der Waals surface area (Å²) in [4.78, 5) is 4.31. The van der Waals surface area contributed by atoms with Crippen molar-refractivity contribution in [3.05, 3.63) is 29.6 Å². The number of unbranched alkanes of at least 4 members (excludes halogenated alkanes) is 1. The largest absolute Gasteiger partial charge is 0.311 e. The monoisotopic (exact) mass is 178 g/mol. The van der Waals surface area contributed by atoms with E-state index >= 15 is 0 Å². The fourth-order valence-corrected chi connectivity index (χ4v) is 1.12. The first-order valence-corrected chi connectivity index (χ1v) is 4.95. The van der Waals surface area contributed by atoms with Crippen molar-refractivity contribution in [1.82, 2.24) is 10.3 Å². The second kappa shape index (κ2) is 5.70. The van der Waals surface area contributed by atoms with Gasteiger partial charge in [0.25, 0.3) is 0 Å². The van der Waals surface area contributed by atoms with Gasteiger partial charge in [-0.15, -0.1) is 0 Å². The number of pyridine rings is 1. The molecule has 0 unspecified atom stereocenters. The maximum Gasteiger partial charge on any atom is 0.0541 e. The van der Waals surface area contributed by atoms with Crippen LogP contribution in [0.15, 0.2) is 18.3 Å². The molecule has 0 fully saturated rings. The number of hydrogen-bond acceptors (Lipinski definition) is 2. The van der Waals surface area contributed by atoms with Gasteiger partial charge in [-0.1, -0.05) is 19.4 Å². The van der Waals surface area contributed by atoms with Gasteiger partial charge in [0, 0.05) is 12.7 Å². The lowest BCUT2D eigenvalue weighted by atomic mass is 10.2. The molecule has 2 heteroatoms. The third kappa shape index (κ3) is 4.04. The van der Waals surface area contributed by atoms with Crippen molar-refractivity contribution in [2.24, 2.45) is 0 Å². The number of hydrogen-bond donors (Lipinski definition) is 1. The molecule has 0 amide bonds. The Morgan fingerprint density at radius 3 is 2.85 bits per heavy atom. The molecule has 1 aromatic rings. The summed E-state index contributed by atoms with van der Waals surface area (Å²) in [6.07, 6.45) is 4.40. The molecule has 1 aromatic heterocycles. The number of aromatic nitrogens is 1. The van der Waals surface area contributed by atoms with E-state index in [1.165, 1.54) is 18.4 Å². The molecule has 0 aromatic carbocycles. The second-order valence-corrected chi connectivity index (χ2v) is 3.36. The summed E-state index contributed by atoms with van der Waals surface area (Å²) in [5.74, 6) is 0. The van der Waals surface area contributed by atoms with Gasteiger partial charge < -0.3 is 5.32 Å². The molecule has 13 heavy (non-hydrogen) atoms. The minimum absolute atomic E-state index is 0.889. The lowest BCUT2D eigenvalue weighted by Crippen LogP contribution is -2.15. The number of rotatable bonds is 5. The van der Waals surface area contributed by atoms with Gasteiger partial charge in [-0.3, -0.25) is 4.98 Å². The van der Waals surface area contributed by atoms with E-state index in [9.17, 15) is 0 Å².